The van der Waals surface area contributed by atoms with Gasteiger partial charge in [0.05, 0.1) is 19.8 Å². The molecule has 0 radical (unpaired) electrons. The van der Waals surface area contributed by atoms with E-state index in [0.29, 0.717) is 37.1 Å². The Morgan fingerprint density at radius 3 is 2.68 bits per heavy atom. The van der Waals surface area contributed by atoms with Crippen LogP contribution in [0.5, 0.6) is 0 Å². The minimum absolute atomic E-state index is 0.193. The lowest BCUT2D eigenvalue weighted by molar-refractivity contribution is 0.0333. The lowest BCUT2D eigenvalue weighted by Crippen LogP contribution is -2.17. The van der Waals surface area contributed by atoms with Crippen molar-refractivity contribution in [1.29, 1.82) is 0 Å². The molecule has 0 heterocycles. The maximum absolute atomic E-state index is 11.4. The quantitative estimate of drug-likeness (QED) is 0.747. The molecule has 0 saturated carbocycles. The molecule has 1 amide bonds. The van der Waals surface area contributed by atoms with Gasteiger partial charge < -0.3 is 14.2 Å². The second kappa shape index (κ2) is 9.61. The van der Waals surface area contributed by atoms with Crippen LogP contribution in [0.1, 0.15) is 6.92 Å². The van der Waals surface area contributed by atoms with E-state index in [9.17, 15) is 4.79 Å². The summed E-state index contributed by atoms with van der Waals surface area (Å²) in [7, 11) is 0. The predicted molar refractivity (Wildman–Crippen MR) is 73.7 cm³/mol. The number of nitrogens with one attached hydrogen (secondary N) is 1. The maximum Gasteiger partial charge on any atom is 0.411 e. The van der Waals surface area contributed by atoms with Gasteiger partial charge in [0.25, 0.3) is 0 Å². The van der Waals surface area contributed by atoms with Crippen LogP contribution in [0.15, 0.2) is 24.3 Å². The normalized spacial score (nSPS) is 10.2. The topological polar surface area (TPSA) is 56.8 Å². The molecule has 1 aromatic carbocycles. The number of benzene rings is 1. The number of rotatable bonds is 8. The van der Waals surface area contributed by atoms with E-state index < -0.39 is 6.09 Å². The molecular weight excluding hydrogens is 270 g/mol. The van der Waals surface area contributed by atoms with Gasteiger partial charge in [-0.15, -0.1) is 0 Å². The molecule has 0 atom stereocenters. The standard InChI is InChI=1S/C13H18ClNO4/c1-2-17-6-7-18-8-9-19-13(16)15-12-5-3-4-11(14)10-12/h3-5,10H,2,6-9H2,1H3,(H,15,16). The third-order valence-electron chi connectivity index (χ3n) is 2.11. The lowest BCUT2D eigenvalue weighted by atomic mass is 10.3. The van der Waals surface area contributed by atoms with Gasteiger partial charge in [-0.3, -0.25) is 5.32 Å². The first-order valence-electron chi connectivity index (χ1n) is 6.07. The van der Waals surface area contributed by atoms with Crippen molar-refractivity contribution in [3.8, 4) is 0 Å². The summed E-state index contributed by atoms with van der Waals surface area (Å²) in [5, 5.41) is 3.12. The van der Waals surface area contributed by atoms with Crippen LogP contribution in [0.3, 0.4) is 0 Å². The Kier molecular flexibility index (Phi) is 7.97. The summed E-state index contributed by atoms with van der Waals surface area (Å²) in [5.41, 5.74) is 0.592. The van der Waals surface area contributed by atoms with Crippen molar-refractivity contribution in [3.63, 3.8) is 0 Å². The molecule has 106 valence electrons. The van der Waals surface area contributed by atoms with Crippen molar-refractivity contribution >= 4 is 23.4 Å². The molecular formula is C13H18ClNO4. The molecule has 5 nitrogen and oxygen atoms in total. The average Bonchev–Trinajstić information content (AvgIpc) is 2.37. The molecule has 0 aliphatic carbocycles. The summed E-state index contributed by atoms with van der Waals surface area (Å²) < 4.78 is 15.2. The number of ether oxygens (including phenoxy) is 3. The smallest absolute Gasteiger partial charge is 0.411 e. The van der Waals surface area contributed by atoms with E-state index in [1.807, 2.05) is 6.92 Å². The number of carbonyl (C=O) groups excluding carboxylic acids is 1. The zero-order chi connectivity index (χ0) is 13.9. The number of carbonyl (C=O) groups is 1. The number of anilines is 1. The number of amides is 1. The van der Waals surface area contributed by atoms with Crippen molar-refractivity contribution in [2.45, 2.75) is 6.92 Å². The highest BCUT2D eigenvalue weighted by Crippen LogP contribution is 2.14. The van der Waals surface area contributed by atoms with Crippen LogP contribution in [-0.2, 0) is 14.2 Å². The summed E-state index contributed by atoms with van der Waals surface area (Å²) in [5.74, 6) is 0. The predicted octanol–water partition coefficient (Wildman–Crippen LogP) is 2.94. The zero-order valence-electron chi connectivity index (χ0n) is 10.9. The van der Waals surface area contributed by atoms with E-state index in [1.165, 1.54) is 0 Å². The highest BCUT2D eigenvalue weighted by atomic mass is 35.5. The Balaban J connectivity index is 2.08. The summed E-state index contributed by atoms with van der Waals surface area (Å²) >= 11 is 5.79. The van der Waals surface area contributed by atoms with Crippen LogP contribution in [-0.4, -0.2) is 39.1 Å². The second-order valence-corrected chi connectivity index (χ2v) is 4.02. The molecule has 0 aromatic heterocycles. The monoisotopic (exact) mass is 287 g/mol. The molecule has 1 aromatic rings. The Bertz CT molecular complexity index is 387. The fourth-order valence-electron chi connectivity index (χ4n) is 1.28. The Morgan fingerprint density at radius 2 is 1.95 bits per heavy atom. The summed E-state index contributed by atoms with van der Waals surface area (Å²) in [6.45, 7) is 4.16. The Labute approximate surface area is 117 Å². The maximum atomic E-state index is 11.4. The molecule has 0 fully saturated rings. The van der Waals surface area contributed by atoms with E-state index in [2.05, 4.69) is 5.32 Å². The summed E-state index contributed by atoms with van der Waals surface area (Å²) in [6.07, 6.45) is -0.532. The van der Waals surface area contributed by atoms with E-state index in [-0.39, 0.29) is 6.61 Å². The Hall–Kier alpha value is -1.30. The molecule has 0 unspecified atom stereocenters. The summed E-state index contributed by atoms with van der Waals surface area (Å²) in [4.78, 5) is 11.4. The first kappa shape index (κ1) is 15.8. The van der Waals surface area contributed by atoms with E-state index in [0.717, 1.165) is 0 Å². The van der Waals surface area contributed by atoms with Crippen molar-refractivity contribution in [3.05, 3.63) is 29.3 Å². The van der Waals surface area contributed by atoms with E-state index >= 15 is 0 Å². The van der Waals surface area contributed by atoms with Crippen molar-refractivity contribution in [2.24, 2.45) is 0 Å². The fourth-order valence-corrected chi connectivity index (χ4v) is 1.47. The molecule has 6 heteroatoms. The molecule has 0 bridgehead atoms. The largest absolute Gasteiger partial charge is 0.447 e. The highest BCUT2D eigenvalue weighted by molar-refractivity contribution is 6.30. The minimum atomic E-state index is -0.532. The highest BCUT2D eigenvalue weighted by Gasteiger charge is 2.03. The van der Waals surface area contributed by atoms with Crippen LogP contribution in [0.4, 0.5) is 10.5 Å². The van der Waals surface area contributed by atoms with Crippen LogP contribution in [0.25, 0.3) is 0 Å². The summed E-state index contributed by atoms with van der Waals surface area (Å²) in [6, 6.07) is 6.84. The van der Waals surface area contributed by atoms with Crippen molar-refractivity contribution in [2.75, 3.05) is 38.4 Å². The third kappa shape index (κ3) is 7.66. The Morgan fingerprint density at radius 1 is 1.21 bits per heavy atom. The van der Waals surface area contributed by atoms with Gasteiger partial charge in [-0.2, -0.15) is 0 Å². The SMILES string of the molecule is CCOCCOCCOC(=O)Nc1cccc(Cl)c1. The molecule has 1 rings (SSSR count). The van der Waals surface area contributed by atoms with Gasteiger partial charge in [0.1, 0.15) is 6.61 Å². The molecule has 0 spiro atoms. The number of halogens is 1. The van der Waals surface area contributed by atoms with E-state index in [4.69, 9.17) is 25.8 Å². The average molecular weight is 288 g/mol. The number of hydrogen-bond acceptors (Lipinski definition) is 4. The molecule has 0 aliphatic rings. The van der Waals surface area contributed by atoms with Gasteiger partial charge in [0.2, 0.25) is 0 Å². The first-order valence-corrected chi connectivity index (χ1v) is 6.45. The van der Waals surface area contributed by atoms with Gasteiger partial charge in [-0.25, -0.2) is 4.79 Å². The van der Waals surface area contributed by atoms with Crippen molar-refractivity contribution < 1.29 is 19.0 Å². The first-order chi connectivity index (χ1) is 9.22. The number of hydrogen-bond donors (Lipinski definition) is 1. The molecule has 19 heavy (non-hydrogen) atoms. The van der Waals surface area contributed by atoms with Gasteiger partial charge in [-0.05, 0) is 25.1 Å². The van der Waals surface area contributed by atoms with Crippen LogP contribution in [0, 0.1) is 0 Å². The molecule has 0 aliphatic heterocycles. The molecule has 0 saturated heterocycles. The van der Waals surface area contributed by atoms with E-state index in [1.54, 1.807) is 24.3 Å². The van der Waals surface area contributed by atoms with Gasteiger partial charge in [0.15, 0.2) is 0 Å². The van der Waals surface area contributed by atoms with Gasteiger partial charge in [-0.1, -0.05) is 17.7 Å². The van der Waals surface area contributed by atoms with Crippen LogP contribution >= 0.6 is 11.6 Å². The lowest BCUT2D eigenvalue weighted by Gasteiger charge is -2.08. The third-order valence-corrected chi connectivity index (χ3v) is 2.34. The van der Waals surface area contributed by atoms with Crippen LogP contribution < -0.4 is 5.32 Å². The van der Waals surface area contributed by atoms with Gasteiger partial charge in [0, 0.05) is 17.3 Å². The zero-order valence-corrected chi connectivity index (χ0v) is 11.6. The second-order valence-electron chi connectivity index (χ2n) is 3.58. The molecule has 1 N–H and O–H groups in total. The fraction of sp³-hybridized carbons (Fsp3) is 0.462. The van der Waals surface area contributed by atoms with Crippen molar-refractivity contribution in [1.82, 2.24) is 0 Å². The van der Waals surface area contributed by atoms with Crippen LogP contribution in [0.2, 0.25) is 5.02 Å². The van der Waals surface area contributed by atoms with Gasteiger partial charge >= 0.3 is 6.09 Å². The minimum Gasteiger partial charge on any atom is -0.447 e.